The second-order valence-corrected chi connectivity index (χ2v) is 6.34. The lowest BCUT2D eigenvalue weighted by Gasteiger charge is -2.42. The summed E-state index contributed by atoms with van der Waals surface area (Å²) in [4.78, 5) is 13.9. The zero-order chi connectivity index (χ0) is 14.2. The average molecular weight is 274 g/mol. The lowest BCUT2D eigenvalue weighted by Crippen LogP contribution is -2.64. The van der Waals surface area contributed by atoms with Crippen LogP contribution in [0.3, 0.4) is 0 Å². The Hall–Kier alpha value is -0.880. The number of halogens is 1. The molecular formula is C13H23FN2O3. The van der Waals surface area contributed by atoms with Gasteiger partial charge in [0, 0.05) is 12.6 Å². The maximum atomic E-state index is 12.7. The predicted molar refractivity (Wildman–Crippen MR) is 68.7 cm³/mol. The molecule has 0 aromatic rings. The summed E-state index contributed by atoms with van der Waals surface area (Å²) in [5.41, 5.74) is -0.546. The quantitative estimate of drug-likeness (QED) is 0.790. The van der Waals surface area contributed by atoms with Gasteiger partial charge in [-0.15, -0.1) is 0 Å². The van der Waals surface area contributed by atoms with E-state index in [-0.39, 0.29) is 18.2 Å². The van der Waals surface area contributed by atoms with Gasteiger partial charge in [-0.05, 0) is 33.6 Å². The van der Waals surface area contributed by atoms with Crippen molar-refractivity contribution in [1.82, 2.24) is 10.2 Å². The van der Waals surface area contributed by atoms with Crippen molar-refractivity contribution < 1.29 is 19.0 Å². The lowest BCUT2D eigenvalue weighted by molar-refractivity contribution is -0.0125. The number of aliphatic hydroxyl groups excluding tert-OH is 1. The van der Waals surface area contributed by atoms with Gasteiger partial charge in [-0.25, -0.2) is 9.18 Å². The number of nitrogens with one attached hydrogen (secondary N) is 1. The average Bonchev–Trinajstić information content (AvgIpc) is 2.61. The Morgan fingerprint density at radius 2 is 2.21 bits per heavy atom. The van der Waals surface area contributed by atoms with Crippen molar-refractivity contribution in [2.45, 2.75) is 63.4 Å². The molecule has 6 heteroatoms. The van der Waals surface area contributed by atoms with Crippen LogP contribution in [0.2, 0.25) is 0 Å². The third kappa shape index (κ3) is 3.00. The number of fused-ring (bicyclic) bond motifs is 2. The second-order valence-electron chi connectivity index (χ2n) is 6.34. The molecule has 19 heavy (non-hydrogen) atoms. The number of carbonyl (C=O) groups is 1. The maximum absolute atomic E-state index is 12.7. The van der Waals surface area contributed by atoms with Gasteiger partial charge in [0.2, 0.25) is 0 Å². The predicted octanol–water partition coefficient (Wildman–Crippen LogP) is 1.06. The van der Waals surface area contributed by atoms with Crippen LogP contribution in [0.15, 0.2) is 0 Å². The molecule has 0 aromatic carbocycles. The van der Waals surface area contributed by atoms with Crippen molar-refractivity contribution in [1.29, 1.82) is 0 Å². The van der Waals surface area contributed by atoms with Crippen LogP contribution < -0.4 is 5.32 Å². The fourth-order valence-corrected chi connectivity index (χ4v) is 2.96. The van der Waals surface area contributed by atoms with E-state index >= 15 is 0 Å². The monoisotopic (exact) mass is 274 g/mol. The van der Waals surface area contributed by atoms with Crippen LogP contribution in [-0.4, -0.2) is 59.1 Å². The lowest BCUT2D eigenvalue weighted by atomic mass is 10.0. The second kappa shape index (κ2) is 5.25. The summed E-state index contributed by atoms with van der Waals surface area (Å²) < 4.78 is 18.1. The van der Waals surface area contributed by atoms with Crippen molar-refractivity contribution in [2.24, 2.45) is 0 Å². The van der Waals surface area contributed by atoms with Gasteiger partial charge in [-0.3, -0.25) is 4.90 Å². The molecule has 1 unspecified atom stereocenters. The van der Waals surface area contributed by atoms with Crippen LogP contribution in [0.4, 0.5) is 9.18 Å². The first kappa shape index (κ1) is 14.5. The fourth-order valence-electron chi connectivity index (χ4n) is 2.96. The topological polar surface area (TPSA) is 61.8 Å². The minimum Gasteiger partial charge on any atom is -0.444 e. The molecule has 0 radical (unpaired) electrons. The van der Waals surface area contributed by atoms with Crippen LogP contribution >= 0.6 is 0 Å². The number of amides is 1. The normalized spacial score (nSPS) is 32.3. The summed E-state index contributed by atoms with van der Waals surface area (Å²) in [5, 5.41) is 12.9. The van der Waals surface area contributed by atoms with Gasteiger partial charge >= 0.3 is 6.09 Å². The van der Waals surface area contributed by atoms with Crippen LogP contribution in [-0.2, 0) is 4.74 Å². The molecule has 0 saturated carbocycles. The van der Waals surface area contributed by atoms with E-state index in [1.807, 2.05) is 20.8 Å². The molecule has 110 valence electrons. The number of aliphatic hydroxyl groups is 1. The van der Waals surface area contributed by atoms with Crippen molar-refractivity contribution >= 4 is 6.09 Å². The Balaban J connectivity index is 2.10. The van der Waals surface area contributed by atoms with E-state index in [2.05, 4.69) is 5.32 Å². The Labute approximate surface area is 113 Å². The highest BCUT2D eigenvalue weighted by atomic mass is 19.1. The molecule has 2 aliphatic heterocycles. The van der Waals surface area contributed by atoms with Crippen molar-refractivity contribution in [3.8, 4) is 0 Å². The van der Waals surface area contributed by atoms with Gasteiger partial charge in [0.15, 0.2) is 0 Å². The molecule has 2 saturated heterocycles. The first-order valence-corrected chi connectivity index (χ1v) is 6.82. The smallest absolute Gasteiger partial charge is 0.410 e. The number of alkyl halides is 1. The van der Waals surface area contributed by atoms with E-state index in [4.69, 9.17) is 4.74 Å². The summed E-state index contributed by atoms with van der Waals surface area (Å²) in [6.07, 6.45) is 0.206. The van der Waals surface area contributed by atoms with Gasteiger partial charge in [-0.1, -0.05) is 0 Å². The standard InChI is InChI=1S/C13H23FN2O3/c1-13(2,3)19-12(18)16-8-4-5-9(16)11(15-7-8)10(17)6-14/h8-11,15,17H,4-7H2,1-3H3/t8-,9+,10?,11+/m1/s1. The Kier molecular flexibility index (Phi) is 4.01. The molecule has 2 fully saturated rings. The van der Waals surface area contributed by atoms with Gasteiger partial charge in [0.1, 0.15) is 12.3 Å². The minimum absolute atomic E-state index is 0.0860. The van der Waals surface area contributed by atoms with Crippen LogP contribution in [0.1, 0.15) is 33.6 Å². The number of hydrogen-bond acceptors (Lipinski definition) is 4. The fraction of sp³-hybridized carbons (Fsp3) is 0.923. The molecule has 5 nitrogen and oxygen atoms in total. The number of carbonyl (C=O) groups excluding carboxylic acids is 1. The molecule has 2 aliphatic rings. The zero-order valence-electron chi connectivity index (χ0n) is 11.7. The van der Waals surface area contributed by atoms with Gasteiger partial charge < -0.3 is 15.2 Å². The first-order chi connectivity index (χ1) is 8.83. The molecule has 1 amide bonds. The summed E-state index contributed by atoms with van der Waals surface area (Å²) in [6.45, 7) is 5.24. The highest BCUT2D eigenvalue weighted by Gasteiger charge is 2.48. The molecule has 0 aromatic heterocycles. The van der Waals surface area contributed by atoms with E-state index in [1.54, 1.807) is 4.90 Å². The highest BCUT2D eigenvalue weighted by molar-refractivity contribution is 5.70. The van der Waals surface area contributed by atoms with Gasteiger partial charge in [0.25, 0.3) is 0 Å². The van der Waals surface area contributed by atoms with Crippen molar-refractivity contribution in [3.05, 3.63) is 0 Å². The largest absolute Gasteiger partial charge is 0.444 e. The zero-order valence-corrected chi connectivity index (χ0v) is 11.7. The summed E-state index contributed by atoms with van der Waals surface area (Å²) in [6, 6.07) is -0.501. The Morgan fingerprint density at radius 3 is 2.79 bits per heavy atom. The van der Waals surface area contributed by atoms with Crippen molar-refractivity contribution in [3.63, 3.8) is 0 Å². The number of rotatable bonds is 2. The van der Waals surface area contributed by atoms with Crippen molar-refractivity contribution in [2.75, 3.05) is 13.2 Å². The minimum atomic E-state index is -1.08. The molecule has 2 N–H and O–H groups in total. The molecule has 0 spiro atoms. The highest BCUT2D eigenvalue weighted by Crippen LogP contribution is 2.32. The molecular weight excluding hydrogens is 251 g/mol. The third-order valence-electron chi connectivity index (χ3n) is 3.73. The van der Waals surface area contributed by atoms with E-state index in [0.717, 1.165) is 12.8 Å². The summed E-state index contributed by atoms with van der Waals surface area (Å²) >= 11 is 0. The van der Waals surface area contributed by atoms with E-state index in [0.29, 0.717) is 6.54 Å². The number of piperazine rings is 1. The number of nitrogens with zero attached hydrogens (tertiary/aromatic N) is 1. The molecule has 4 atom stereocenters. The SMILES string of the molecule is CC(C)(C)OC(=O)N1[C@@H]2CC[C@H]1[C@@H](C(O)CF)NC2. The van der Waals surface area contributed by atoms with Crippen LogP contribution in [0.5, 0.6) is 0 Å². The number of hydrogen-bond donors (Lipinski definition) is 2. The first-order valence-electron chi connectivity index (χ1n) is 6.82. The van der Waals surface area contributed by atoms with Gasteiger partial charge in [-0.2, -0.15) is 0 Å². The van der Waals surface area contributed by atoms with Crippen LogP contribution in [0.25, 0.3) is 0 Å². The third-order valence-corrected chi connectivity index (χ3v) is 3.73. The summed E-state index contributed by atoms with van der Waals surface area (Å²) in [5.74, 6) is 0. The maximum Gasteiger partial charge on any atom is 0.410 e. The van der Waals surface area contributed by atoms with E-state index in [1.165, 1.54) is 0 Å². The van der Waals surface area contributed by atoms with E-state index < -0.39 is 24.4 Å². The molecule has 0 aliphatic carbocycles. The molecule has 2 heterocycles. The van der Waals surface area contributed by atoms with Crippen LogP contribution in [0, 0.1) is 0 Å². The number of ether oxygens (including phenoxy) is 1. The molecule has 2 bridgehead atoms. The Bertz CT molecular complexity index is 345. The summed E-state index contributed by atoms with van der Waals surface area (Å²) in [7, 11) is 0. The van der Waals surface area contributed by atoms with E-state index in [9.17, 15) is 14.3 Å². The Morgan fingerprint density at radius 1 is 1.53 bits per heavy atom. The molecule has 2 rings (SSSR count). The van der Waals surface area contributed by atoms with Gasteiger partial charge in [0.05, 0.1) is 18.2 Å².